The fourth-order valence-corrected chi connectivity index (χ4v) is 3.76. The van der Waals surface area contributed by atoms with Crippen molar-refractivity contribution in [1.29, 1.82) is 0 Å². The normalized spacial score (nSPS) is 19.3. The van der Waals surface area contributed by atoms with Crippen LogP contribution in [0.2, 0.25) is 5.02 Å². The summed E-state index contributed by atoms with van der Waals surface area (Å²) in [5, 5.41) is 0.596. The molecular formula is C21H22ClFN2O3. The Morgan fingerprint density at radius 1 is 1.18 bits per heavy atom. The molecule has 7 heteroatoms. The Morgan fingerprint density at radius 2 is 1.89 bits per heavy atom. The number of ether oxygens (including phenoxy) is 1. The first-order chi connectivity index (χ1) is 13.4. The van der Waals surface area contributed by atoms with E-state index in [1.165, 1.54) is 12.1 Å². The first-order valence-electron chi connectivity index (χ1n) is 9.09. The minimum atomic E-state index is -0.620. The van der Waals surface area contributed by atoms with E-state index in [1.54, 1.807) is 41.3 Å². The van der Waals surface area contributed by atoms with Gasteiger partial charge in [-0.1, -0.05) is 23.7 Å². The van der Waals surface area contributed by atoms with E-state index in [0.29, 0.717) is 30.2 Å². The van der Waals surface area contributed by atoms with Crippen molar-refractivity contribution < 1.29 is 18.7 Å². The maximum atomic E-state index is 14.0. The monoisotopic (exact) mass is 404 g/mol. The number of nitrogens with zero attached hydrogens (tertiary/aromatic N) is 1. The maximum absolute atomic E-state index is 14.0. The lowest BCUT2D eigenvalue weighted by Gasteiger charge is -2.42. The first kappa shape index (κ1) is 20.1. The predicted octanol–water partition coefficient (Wildman–Crippen LogP) is 3.66. The number of amides is 2. The van der Waals surface area contributed by atoms with Crippen molar-refractivity contribution in [2.24, 2.45) is 11.1 Å². The predicted molar refractivity (Wildman–Crippen MR) is 105 cm³/mol. The Hall–Kier alpha value is -2.60. The second-order valence-electron chi connectivity index (χ2n) is 7.20. The van der Waals surface area contributed by atoms with Gasteiger partial charge in [0.1, 0.15) is 11.6 Å². The van der Waals surface area contributed by atoms with Gasteiger partial charge in [0, 0.05) is 29.9 Å². The van der Waals surface area contributed by atoms with Crippen molar-refractivity contribution in [3.63, 3.8) is 0 Å². The second kappa shape index (κ2) is 8.61. The fraction of sp³-hybridized carbons (Fsp3) is 0.333. The van der Waals surface area contributed by atoms with E-state index in [9.17, 15) is 14.0 Å². The first-order valence-corrected chi connectivity index (χ1v) is 9.47. The number of carbonyl (C=O) groups is 2. The number of primary amides is 1. The van der Waals surface area contributed by atoms with Crippen LogP contribution in [0, 0.1) is 11.2 Å². The van der Waals surface area contributed by atoms with Crippen molar-refractivity contribution in [2.45, 2.75) is 19.3 Å². The Morgan fingerprint density at radius 3 is 2.57 bits per heavy atom. The van der Waals surface area contributed by atoms with Crippen LogP contribution < -0.4 is 10.5 Å². The van der Waals surface area contributed by atoms with Gasteiger partial charge in [-0.3, -0.25) is 9.59 Å². The molecule has 148 valence electrons. The van der Waals surface area contributed by atoms with Gasteiger partial charge in [0.25, 0.3) is 5.91 Å². The summed E-state index contributed by atoms with van der Waals surface area (Å²) in [5.74, 6) is -0.792. The van der Waals surface area contributed by atoms with Gasteiger partial charge in [-0.05, 0) is 49.2 Å². The summed E-state index contributed by atoms with van der Waals surface area (Å²) in [5.41, 5.74) is 4.88. The zero-order valence-corrected chi connectivity index (χ0v) is 16.1. The summed E-state index contributed by atoms with van der Waals surface area (Å²) in [6.07, 6.45) is 1.45. The van der Waals surface area contributed by atoms with Crippen LogP contribution in [0.1, 0.15) is 29.6 Å². The quantitative estimate of drug-likeness (QED) is 0.798. The lowest BCUT2D eigenvalue weighted by molar-refractivity contribution is -0.122. The fourth-order valence-electron chi connectivity index (χ4n) is 3.64. The van der Waals surface area contributed by atoms with E-state index >= 15 is 0 Å². The van der Waals surface area contributed by atoms with Gasteiger partial charge in [-0.2, -0.15) is 0 Å². The van der Waals surface area contributed by atoms with E-state index in [0.717, 1.165) is 0 Å². The lowest BCUT2D eigenvalue weighted by atomic mass is 9.77. The SMILES string of the molecule is NC(=O)C[C@@]1(COc2ccc(Cl)cc2)CCCN(C(=O)c2ccccc2F)C1. The molecule has 0 radical (unpaired) electrons. The van der Waals surface area contributed by atoms with Crippen LogP contribution in [-0.4, -0.2) is 36.4 Å². The minimum absolute atomic E-state index is 0.0241. The number of halogens is 2. The molecule has 1 saturated heterocycles. The number of carbonyl (C=O) groups excluding carboxylic acids is 2. The Kier molecular flexibility index (Phi) is 6.19. The highest BCUT2D eigenvalue weighted by atomic mass is 35.5. The molecule has 1 fully saturated rings. The second-order valence-corrected chi connectivity index (χ2v) is 7.63. The third kappa shape index (κ3) is 4.81. The summed E-state index contributed by atoms with van der Waals surface area (Å²) >= 11 is 5.89. The number of likely N-dealkylation sites (tertiary alicyclic amines) is 1. The molecule has 1 aliphatic heterocycles. The molecule has 0 aromatic heterocycles. The zero-order chi connectivity index (χ0) is 20.1. The number of nitrogens with two attached hydrogens (primary N) is 1. The molecule has 0 aliphatic carbocycles. The molecule has 1 heterocycles. The Bertz CT molecular complexity index is 859. The molecule has 0 saturated carbocycles. The highest BCUT2D eigenvalue weighted by Crippen LogP contribution is 2.35. The highest BCUT2D eigenvalue weighted by Gasteiger charge is 2.40. The number of rotatable bonds is 6. The number of piperidine rings is 1. The van der Waals surface area contributed by atoms with E-state index < -0.39 is 23.0 Å². The van der Waals surface area contributed by atoms with Crippen molar-refractivity contribution in [3.8, 4) is 5.75 Å². The highest BCUT2D eigenvalue weighted by molar-refractivity contribution is 6.30. The molecule has 2 aromatic carbocycles. The van der Waals surface area contributed by atoms with Crippen molar-refractivity contribution in [3.05, 3.63) is 64.9 Å². The molecule has 2 amide bonds. The van der Waals surface area contributed by atoms with Crippen LogP contribution >= 0.6 is 11.6 Å². The molecule has 1 aliphatic rings. The van der Waals surface area contributed by atoms with E-state index in [1.807, 2.05) is 0 Å². The van der Waals surface area contributed by atoms with Gasteiger partial charge in [0.15, 0.2) is 0 Å². The van der Waals surface area contributed by atoms with Crippen LogP contribution in [0.5, 0.6) is 5.75 Å². The minimum Gasteiger partial charge on any atom is -0.493 e. The number of hydrogen-bond acceptors (Lipinski definition) is 3. The van der Waals surface area contributed by atoms with Crippen molar-refractivity contribution >= 4 is 23.4 Å². The van der Waals surface area contributed by atoms with Crippen LogP contribution in [0.3, 0.4) is 0 Å². The molecule has 5 nitrogen and oxygen atoms in total. The van der Waals surface area contributed by atoms with E-state index in [2.05, 4.69) is 0 Å². The Balaban J connectivity index is 1.77. The summed E-state index contributed by atoms with van der Waals surface area (Å²) in [7, 11) is 0. The van der Waals surface area contributed by atoms with E-state index in [-0.39, 0.29) is 25.1 Å². The summed E-state index contributed by atoms with van der Waals surface area (Å²) in [6.45, 7) is 0.990. The molecule has 2 N–H and O–H groups in total. The number of benzene rings is 2. The summed E-state index contributed by atoms with van der Waals surface area (Å²) in [6, 6.07) is 12.8. The number of hydrogen-bond donors (Lipinski definition) is 1. The average Bonchev–Trinajstić information content (AvgIpc) is 2.67. The Labute approximate surface area is 168 Å². The molecule has 1 atom stereocenters. The lowest BCUT2D eigenvalue weighted by Crippen LogP contribution is -2.50. The van der Waals surface area contributed by atoms with Crippen LogP contribution in [0.15, 0.2) is 48.5 Å². The maximum Gasteiger partial charge on any atom is 0.256 e. The van der Waals surface area contributed by atoms with Crippen molar-refractivity contribution in [1.82, 2.24) is 4.90 Å². The smallest absolute Gasteiger partial charge is 0.256 e. The molecule has 0 bridgehead atoms. The molecule has 2 aromatic rings. The molecular weight excluding hydrogens is 383 g/mol. The van der Waals surface area contributed by atoms with Crippen LogP contribution in [-0.2, 0) is 4.79 Å². The molecule has 28 heavy (non-hydrogen) atoms. The van der Waals surface area contributed by atoms with Crippen molar-refractivity contribution in [2.75, 3.05) is 19.7 Å². The van der Waals surface area contributed by atoms with Gasteiger partial charge in [0.05, 0.1) is 12.2 Å². The summed E-state index contributed by atoms with van der Waals surface area (Å²) < 4.78 is 19.9. The van der Waals surface area contributed by atoms with E-state index in [4.69, 9.17) is 22.1 Å². The molecule has 0 spiro atoms. The standard InChI is InChI=1S/C21H22ClFN2O3/c22-15-6-8-16(9-7-15)28-14-21(12-19(24)26)10-3-11-25(13-21)20(27)17-4-1-2-5-18(17)23/h1-2,4-9H,3,10-14H2,(H2,24,26)/t21-/m0/s1. The van der Waals surface area contributed by atoms with Gasteiger partial charge < -0.3 is 15.4 Å². The third-order valence-corrected chi connectivity index (χ3v) is 5.21. The molecule has 3 rings (SSSR count). The zero-order valence-electron chi connectivity index (χ0n) is 15.4. The topological polar surface area (TPSA) is 72.6 Å². The van der Waals surface area contributed by atoms with Crippen LogP contribution in [0.25, 0.3) is 0 Å². The van der Waals surface area contributed by atoms with Gasteiger partial charge >= 0.3 is 0 Å². The van der Waals surface area contributed by atoms with Gasteiger partial charge in [-0.15, -0.1) is 0 Å². The molecule has 0 unspecified atom stereocenters. The average molecular weight is 405 g/mol. The van der Waals surface area contributed by atoms with Crippen LogP contribution in [0.4, 0.5) is 4.39 Å². The van der Waals surface area contributed by atoms with Gasteiger partial charge in [0.2, 0.25) is 5.91 Å². The largest absolute Gasteiger partial charge is 0.493 e. The third-order valence-electron chi connectivity index (χ3n) is 4.96. The van der Waals surface area contributed by atoms with Gasteiger partial charge in [-0.25, -0.2) is 4.39 Å². The summed E-state index contributed by atoms with van der Waals surface area (Å²) in [4.78, 5) is 26.1.